The minimum Gasteiger partial charge on any atom is -0.484 e. The molecule has 2 fully saturated rings. The Bertz CT molecular complexity index is 1850. The molecule has 3 aromatic carbocycles. The standard InChI is InChI=1S/C41H47FN4O8S/c42-30-13-15-31(16-14-30)46-38(39(41(46)53)55-24-34(47)29-10-9-26-7-4-8-28(26)20-29)27-11-17-32(18-12-27)54-23-36(49)43-21-35(48)45-33(40(52)44-22-37(50)51)19-25-5-2-1-3-6-25/h9-18,20,25,33-34,38-39,47H,1-8,19,21-24H2,(H,43,49)(H,44,52)(H,45,48)(H,50,51)/t33-,34?,38-,39-/m1/s1. The Kier molecular flexibility index (Phi) is 13.4. The number of aliphatic hydroxyl groups excluding tert-OH is 1. The van der Waals surface area contributed by atoms with Crippen molar-refractivity contribution >= 4 is 47.0 Å². The van der Waals surface area contributed by atoms with Crippen LogP contribution in [0.3, 0.4) is 0 Å². The van der Waals surface area contributed by atoms with Gasteiger partial charge in [0.2, 0.25) is 17.7 Å². The Hall–Kier alpha value is -4.95. The Morgan fingerprint density at radius 1 is 0.873 bits per heavy atom. The number of β-lactam (4-membered cyclic amide) rings is 1. The van der Waals surface area contributed by atoms with Gasteiger partial charge in [0.15, 0.2) is 6.61 Å². The summed E-state index contributed by atoms with van der Waals surface area (Å²) in [5.41, 5.74) is 4.76. The average molecular weight is 775 g/mol. The predicted molar refractivity (Wildman–Crippen MR) is 205 cm³/mol. The van der Waals surface area contributed by atoms with Crippen molar-refractivity contribution < 1.29 is 43.3 Å². The fraction of sp³-hybridized carbons (Fsp3) is 0.439. The van der Waals surface area contributed by atoms with Gasteiger partial charge in [0, 0.05) is 11.4 Å². The quantitative estimate of drug-likeness (QED) is 0.125. The number of carbonyl (C=O) groups is 5. The number of rotatable bonds is 17. The average Bonchev–Trinajstić information content (AvgIpc) is 3.67. The third-order valence-electron chi connectivity index (χ3n) is 10.5. The predicted octanol–water partition coefficient (Wildman–Crippen LogP) is 4.39. The maximum Gasteiger partial charge on any atom is 0.322 e. The summed E-state index contributed by atoms with van der Waals surface area (Å²) in [6.45, 7) is -1.35. The maximum atomic E-state index is 13.8. The fourth-order valence-corrected chi connectivity index (χ4v) is 8.89. The van der Waals surface area contributed by atoms with Gasteiger partial charge in [0.1, 0.15) is 29.4 Å². The van der Waals surface area contributed by atoms with Crippen LogP contribution in [-0.4, -0.2) is 76.6 Å². The number of ether oxygens (including phenoxy) is 1. The lowest BCUT2D eigenvalue weighted by Crippen LogP contribution is -2.57. The number of hydrogen-bond donors (Lipinski definition) is 5. The first-order valence-corrected chi connectivity index (χ1v) is 19.9. The summed E-state index contributed by atoms with van der Waals surface area (Å²) in [6.07, 6.45) is 7.86. The lowest BCUT2D eigenvalue weighted by molar-refractivity contribution is -0.138. The molecule has 1 unspecified atom stereocenters. The maximum absolute atomic E-state index is 13.8. The summed E-state index contributed by atoms with van der Waals surface area (Å²) in [7, 11) is 0. The van der Waals surface area contributed by atoms with Crippen molar-refractivity contribution in [3.05, 3.63) is 94.8 Å². The van der Waals surface area contributed by atoms with Gasteiger partial charge >= 0.3 is 5.97 Å². The van der Waals surface area contributed by atoms with Crippen molar-refractivity contribution in [2.75, 3.05) is 30.3 Å². The van der Waals surface area contributed by atoms with Crippen molar-refractivity contribution in [2.45, 2.75) is 81.2 Å². The van der Waals surface area contributed by atoms with Gasteiger partial charge in [-0.05, 0) is 90.3 Å². The summed E-state index contributed by atoms with van der Waals surface area (Å²) in [5, 5.41) is 27.0. The van der Waals surface area contributed by atoms with Gasteiger partial charge < -0.3 is 35.8 Å². The molecule has 292 valence electrons. The fourth-order valence-electron chi connectivity index (χ4n) is 7.59. The Morgan fingerprint density at radius 2 is 1.60 bits per heavy atom. The van der Waals surface area contributed by atoms with Gasteiger partial charge in [-0.15, -0.1) is 11.8 Å². The molecule has 1 heterocycles. The van der Waals surface area contributed by atoms with Crippen LogP contribution in [0.2, 0.25) is 0 Å². The number of carboxylic acids is 1. The van der Waals surface area contributed by atoms with E-state index in [2.05, 4.69) is 28.1 Å². The Balaban J connectivity index is 1.02. The van der Waals surface area contributed by atoms with Crippen LogP contribution in [0.25, 0.3) is 0 Å². The van der Waals surface area contributed by atoms with Gasteiger partial charge in [0.05, 0.1) is 18.7 Å². The number of aryl methyl sites for hydroxylation is 2. The highest BCUT2D eigenvalue weighted by Gasteiger charge is 2.49. The van der Waals surface area contributed by atoms with Crippen molar-refractivity contribution in [3.63, 3.8) is 0 Å². The van der Waals surface area contributed by atoms with Crippen LogP contribution in [0.15, 0.2) is 66.7 Å². The van der Waals surface area contributed by atoms with Crippen LogP contribution >= 0.6 is 11.8 Å². The highest BCUT2D eigenvalue weighted by atomic mass is 32.2. The second-order valence-corrected chi connectivity index (χ2v) is 15.6. The number of thioether (sulfide) groups is 1. The normalized spacial score (nSPS) is 19.1. The topological polar surface area (TPSA) is 174 Å². The molecular weight excluding hydrogens is 728 g/mol. The zero-order valence-corrected chi connectivity index (χ0v) is 31.3. The van der Waals surface area contributed by atoms with Crippen LogP contribution in [-0.2, 0) is 36.8 Å². The first kappa shape index (κ1) is 39.7. The smallest absolute Gasteiger partial charge is 0.322 e. The molecule has 0 bridgehead atoms. The molecule has 1 aliphatic heterocycles. The monoisotopic (exact) mass is 774 g/mol. The number of amides is 4. The first-order valence-electron chi connectivity index (χ1n) is 18.8. The lowest BCUT2D eigenvalue weighted by Gasteiger charge is -2.47. The Morgan fingerprint density at radius 3 is 2.33 bits per heavy atom. The number of benzene rings is 3. The van der Waals surface area contributed by atoms with Crippen LogP contribution in [0.4, 0.5) is 10.1 Å². The zero-order valence-electron chi connectivity index (χ0n) is 30.5. The van der Waals surface area contributed by atoms with Gasteiger partial charge in [-0.1, -0.05) is 62.4 Å². The molecule has 4 atom stereocenters. The van der Waals surface area contributed by atoms with Crippen molar-refractivity contribution in [1.82, 2.24) is 16.0 Å². The van der Waals surface area contributed by atoms with Crippen LogP contribution in [0.1, 0.15) is 79.3 Å². The number of carboxylic acid groups (broad SMARTS) is 1. The minimum atomic E-state index is -1.19. The largest absolute Gasteiger partial charge is 0.484 e. The van der Waals surface area contributed by atoms with Crippen molar-refractivity contribution in [2.24, 2.45) is 5.92 Å². The number of aliphatic carboxylic acids is 1. The summed E-state index contributed by atoms with van der Waals surface area (Å²) in [4.78, 5) is 64.1. The summed E-state index contributed by atoms with van der Waals surface area (Å²) in [5.74, 6) is -2.56. The van der Waals surface area contributed by atoms with E-state index in [4.69, 9.17) is 9.84 Å². The van der Waals surface area contributed by atoms with E-state index in [0.717, 1.165) is 62.5 Å². The number of hydrogen-bond acceptors (Lipinski definition) is 8. The van der Waals surface area contributed by atoms with E-state index < -0.39 is 66.0 Å². The van der Waals surface area contributed by atoms with E-state index in [-0.39, 0.29) is 18.4 Å². The van der Waals surface area contributed by atoms with E-state index in [1.54, 1.807) is 41.3 Å². The molecule has 1 saturated heterocycles. The molecule has 2 aliphatic carbocycles. The van der Waals surface area contributed by atoms with Gasteiger partial charge in [0.25, 0.3) is 5.91 Å². The van der Waals surface area contributed by atoms with Crippen LogP contribution in [0, 0.1) is 11.7 Å². The number of aliphatic hydroxyl groups is 1. The number of nitrogens with zero attached hydrogens (tertiary/aromatic N) is 1. The molecule has 0 spiro atoms. The van der Waals surface area contributed by atoms with E-state index in [9.17, 15) is 33.5 Å². The molecule has 3 aliphatic rings. The molecule has 0 aromatic heterocycles. The minimum absolute atomic E-state index is 0.148. The van der Waals surface area contributed by atoms with Crippen molar-refractivity contribution in [1.29, 1.82) is 0 Å². The second kappa shape index (κ2) is 18.6. The van der Waals surface area contributed by atoms with Gasteiger partial charge in [-0.2, -0.15) is 0 Å². The lowest BCUT2D eigenvalue weighted by atomic mass is 9.84. The molecule has 1 saturated carbocycles. The van der Waals surface area contributed by atoms with Crippen LogP contribution < -0.4 is 25.6 Å². The van der Waals surface area contributed by atoms with Gasteiger partial charge in [-0.25, -0.2) is 4.39 Å². The summed E-state index contributed by atoms with van der Waals surface area (Å²) < 4.78 is 19.4. The highest BCUT2D eigenvalue weighted by Crippen LogP contribution is 2.46. The molecule has 5 N–H and O–H groups in total. The van der Waals surface area contributed by atoms with E-state index in [1.807, 2.05) is 6.07 Å². The number of fused-ring (bicyclic) bond motifs is 1. The van der Waals surface area contributed by atoms with Crippen LogP contribution in [0.5, 0.6) is 5.75 Å². The molecular formula is C41H47FN4O8S. The first-order chi connectivity index (χ1) is 26.5. The van der Waals surface area contributed by atoms with Crippen molar-refractivity contribution in [3.8, 4) is 5.75 Å². The van der Waals surface area contributed by atoms with E-state index in [0.29, 0.717) is 23.6 Å². The SMILES string of the molecule is O=C(O)CNC(=O)[C@@H](CC1CCCCC1)NC(=O)CNC(=O)COc1ccc([C@@H]2[C@@H](SCC(O)c3ccc4c(c3)CCC4)C(=O)N2c2ccc(F)cc2)cc1. The highest BCUT2D eigenvalue weighted by molar-refractivity contribution is 8.00. The number of halogens is 1. The Labute approximate surface area is 323 Å². The second-order valence-electron chi connectivity index (χ2n) is 14.4. The molecule has 0 radical (unpaired) electrons. The summed E-state index contributed by atoms with van der Waals surface area (Å²) in [6, 6.07) is 17.4. The number of carbonyl (C=O) groups excluding carboxylic acids is 4. The third-order valence-corrected chi connectivity index (χ3v) is 11.8. The molecule has 3 aromatic rings. The summed E-state index contributed by atoms with van der Waals surface area (Å²) >= 11 is 1.38. The number of anilines is 1. The molecule has 12 nitrogen and oxygen atoms in total. The van der Waals surface area contributed by atoms with E-state index >= 15 is 0 Å². The zero-order chi connectivity index (χ0) is 38.9. The molecule has 6 rings (SSSR count). The molecule has 14 heteroatoms. The van der Waals surface area contributed by atoms with E-state index in [1.165, 1.54) is 35.0 Å². The third kappa shape index (κ3) is 10.4. The molecule has 55 heavy (non-hydrogen) atoms. The molecule has 4 amide bonds. The number of nitrogens with one attached hydrogen (secondary N) is 3. The van der Waals surface area contributed by atoms with Gasteiger partial charge in [-0.3, -0.25) is 24.0 Å².